The van der Waals surface area contributed by atoms with Crippen molar-refractivity contribution in [2.24, 2.45) is 5.92 Å². The number of carboxylic acids is 1. The third-order valence-electron chi connectivity index (χ3n) is 3.41. The van der Waals surface area contributed by atoms with Crippen molar-refractivity contribution < 1.29 is 23.5 Å². The molecule has 0 aliphatic carbocycles. The molecule has 0 bridgehead atoms. The van der Waals surface area contributed by atoms with Crippen molar-refractivity contribution in [1.29, 1.82) is 0 Å². The molecule has 7 heteroatoms. The molecule has 2 rings (SSSR count). The number of carbonyl (C=O) groups excluding carboxylic acids is 1. The lowest BCUT2D eigenvalue weighted by Gasteiger charge is -2.23. The van der Waals surface area contributed by atoms with Gasteiger partial charge in [0.05, 0.1) is 11.5 Å². The van der Waals surface area contributed by atoms with Gasteiger partial charge in [-0.1, -0.05) is 0 Å². The summed E-state index contributed by atoms with van der Waals surface area (Å²) in [6.45, 7) is 1.79. The summed E-state index contributed by atoms with van der Waals surface area (Å²) < 4.78 is 26.5. The second-order valence-electron chi connectivity index (χ2n) is 4.44. The fourth-order valence-corrected chi connectivity index (χ4v) is 2.29. The Bertz CT molecular complexity index is 536. The molecule has 1 aliphatic rings. The van der Waals surface area contributed by atoms with Crippen LogP contribution in [0.15, 0.2) is 12.3 Å². The maximum Gasteiger partial charge on any atom is 0.308 e. The zero-order chi connectivity index (χ0) is 14.2. The first-order valence-electron chi connectivity index (χ1n) is 5.77. The smallest absolute Gasteiger partial charge is 0.308 e. The van der Waals surface area contributed by atoms with Crippen molar-refractivity contribution in [2.45, 2.75) is 19.4 Å². The number of carbonyl (C=O) groups is 2. The molecule has 1 aromatic heterocycles. The van der Waals surface area contributed by atoms with Crippen LogP contribution < -0.4 is 0 Å². The van der Waals surface area contributed by atoms with E-state index in [1.165, 1.54) is 4.90 Å². The summed E-state index contributed by atoms with van der Waals surface area (Å²) in [6, 6.07) is 0.530. The van der Waals surface area contributed by atoms with Crippen LogP contribution in [0.5, 0.6) is 0 Å². The van der Waals surface area contributed by atoms with Crippen LogP contribution in [0.1, 0.15) is 23.7 Å². The van der Waals surface area contributed by atoms with E-state index in [0.29, 0.717) is 6.42 Å². The van der Waals surface area contributed by atoms with Gasteiger partial charge in [0.2, 0.25) is 5.95 Å². The Morgan fingerprint density at radius 2 is 2.16 bits per heavy atom. The van der Waals surface area contributed by atoms with Crippen molar-refractivity contribution in [2.75, 3.05) is 6.54 Å². The molecule has 102 valence electrons. The van der Waals surface area contributed by atoms with E-state index in [1.807, 2.05) is 0 Å². The van der Waals surface area contributed by atoms with Gasteiger partial charge in [-0.15, -0.1) is 0 Å². The van der Waals surface area contributed by atoms with Crippen LogP contribution >= 0.6 is 0 Å². The van der Waals surface area contributed by atoms with Crippen molar-refractivity contribution in [3.63, 3.8) is 0 Å². The Kier molecular flexibility index (Phi) is 3.46. The van der Waals surface area contributed by atoms with Gasteiger partial charge in [0.25, 0.3) is 5.91 Å². The predicted molar refractivity (Wildman–Crippen MR) is 60.4 cm³/mol. The molecule has 0 spiro atoms. The normalized spacial score (nSPS) is 22.6. The van der Waals surface area contributed by atoms with Crippen LogP contribution in [0.3, 0.4) is 0 Å². The molecule has 1 N–H and O–H groups in total. The van der Waals surface area contributed by atoms with Gasteiger partial charge in [0.15, 0.2) is 5.82 Å². The average molecular weight is 270 g/mol. The van der Waals surface area contributed by atoms with Gasteiger partial charge in [0.1, 0.15) is 0 Å². The Labute approximate surface area is 107 Å². The Morgan fingerprint density at radius 1 is 1.47 bits per heavy atom. The Hall–Kier alpha value is -2.05. The van der Waals surface area contributed by atoms with Gasteiger partial charge in [-0.3, -0.25) is 9.59 Å². The quantitative estimate of drug-likeness (QED) is 0.822. The molecule has 2 heterocycles. The molecule has 2 unspecified atom stereocenters. The first-order valence-corrected chi connectivity index (χ1v) is 5.77. The van der Waals surface area contributed by atoms with Crippen molar-refractivity contribution >= 4 is 11.9 Å². The molecular formula is C12H12F2N2O3. The molecule has 0 aromatic carbocycles. The zero-order valence-corrected chi connectivity index (χ0v) is 10.1. The molecule has 1 fully saturated rings. The number of aliphatic carboxylic acids is 1. The van der Waals surface area contributed by atoms with Crippen LogP contribution in [0.2, 0.25) is 0 Å². The number of halogens is 2. The molecular weight excluding hydrogens is 258 g/mol. The fraction of sp³-hybridized carbons (Fsp3) is 0.417. The zero-order valence-electron chi connectivity index (χ0n) is 10.1. The van der Waals surface area contributed by atoms with Gasteiger partial charge in [-0.25, -0.2) is 9.37 Å². The van der Waals surface area contributed by atoms with E-state index < -0.39 is 41.2 Å². The van der Waals surface area contributed by atoms with E-state index in [-0.39, 0.29) is 6.54 Å². The second kappa shape index (κ2) is 4.91. The fourth-order valence-electron chi connectivity index (χ4n) is 2.29. The van der Waals surface area contributed by atoms with Gasteiger partial charge in [0, 0.05) is 18.8 Å². The largest absolute Gasteiger partial charge is 0.481 e. The summed E-state index contributed by atoms with van der Waals surface area (Å²) in [5.74, 6) is -5.04. The van der Waals surface area contributed by atoms with Crippen LogP contribution in [0, 0.1) is 17.7 Å². The highest BCUT2D eigenvalue weighted by atomic mass is 19.2. The number of pyridine rings is 1. The first kappa shape index (κ1) is 13.4. The Balaban J connectivity index is 2.26. The summed E-state index contributed by atoms with van der Waals surface area (Å²) in [5, 5.41) is 8.97. The molecule has 5 nitrogen and oxygen atoms in total. The van der Waals surface area contributed by atoms with E-state index >= 15 is 0 Å². The summed E-state index contributed by atoms with van der Waals surface area (Å²) in [5.41, 5.74) is -0.426. The van der Waals surface area contributed by atoms with Crippen molar-refractivity contribution in [3.05, 3.63) is 29.6 Å². The molecule has 0 radical (unpaired) electrons. The minimum Gasteiger partial charge on any atom is -0.481 e. The predicted octanol–water partition coefficient (Wildman–Crippen LogP) is 1.30. The van der Waals surface area contributed by atoms with Crippen LogP contribution in [-0.4, -0.2) is 39.5 Å². The van der Waals surface area contributed by atoms with Gasteiger partial charge < -0.3 is 10.0 Å². The maximum absolute atomic E-state index is 13.5. The summed E-state index contributed by atoms with van der Waals surface area (Å²) in [6.07, 6.45) is 1.30. The monoisotopic (exact) mass is 270 g/mol. The number of rotatable bonds is 2. The lowest BCUT2D eigenvalue weighted by Crippen LogP contribution is -2.38. The standard InChI is InChI=1S/C12H12F2N2O3/c1-6-7(12(18)19)3-5-16(6)11(17)8-2-4-15-10(14)9(8)13/h2,4,6-7H,3,5H2,1H3,(H,18,19). The molecule has 1 aliphatic heterocycles. The van der Waals surface area contributed by atoms with Gasteiger partial charge in [-0.2, -0.15) is 4.39 Å². The number of nitrogens with zero attached hydrogens (tertiary/aromatic N) is 2. The van der Waals surface area contributed by atoms with E-state index in [9.17, 15) is 18.4 Å². The number of carboxylic acid groups (broad SMARTS) is 1. The third-order valence-corrected chi connectivity index (χ3v) is 3.41. The SMILES string of the molecule is CC1C(C(=O)O)CCN1C(=O)c1ccnc(F)c1F. The average Bonchev–Trinajstić information content (AvgIpc) is 2.74. The summed E-state index contributed by atoms with van der Waals surface area (Å²) in [7, 11) is 0. The van der Waals surface area contributed by atoms with Crippen molar-refractivity contribution in [1.82, 2.24) is 9.88 Å². The highest BCUT2D eigenvalue weighted by Gasteiger charge is 2.39. The summed E-state index contributed by atoms with van der Waals surface area (Å²) in [4.78, 5) is 27.4. The van der Waals surface area contributed by atoms with E-state index in [2.05, 4.69) is 4.98 Å². The van der Waals surface area contributed by atoms with E-state index in [0.717, 1.165) is 12.3 Å². The van der Waals surface area contributed by atoms with Crippen LogP contribution in [0.4, 0.5) is 8.78 Å². The first-order chi connectivity index (χ1) is 8.93. The molecule has 1 aromatic rings. The number of hydrogen-bond donors (Lipinski definition) is 1. The van der Waals surface area contributed by atoms with Gasteiger partial charge >= 0.3 is 5.97 Å². The number of likely N-dealkylation sites (tertiary alicyclic amines) is 1. The van der Waals surface area contributed by atoms with Crippen LogP contribution in [0.25, 0.3) is 0 Å². The molecule has 19 heavy (non-hydrogen) atoms. The summed E-state index contributed by atoms with van der Waals surface area (Å²) >= 11 is 0. The highest BCUT2D eigenvalue weighted by Crippen LogP contribution is 2.26. The molecule has 0 saturated carbocycles. The van der Waals surface area contributed by atoms with Crippen molar-refractivity contribution in [3.8, 4) is 0 Å². The molecule has 2 atom stereocenters. The number of hydrogen-bond acceptors (Lipinski definition) is 3. The highest BCUT2D eigenvalue weighted by molar-refractivity contribution is 5.95. The minimum absolute atomic E-state index is 0.209. The second-order valence-corrected chi connectivity index (χ2v) is 4.44. The maximum atomic E-state index is 13.5. The molecule has 1 amide bonds. The lowest BCUT2D eigenvalue weighted by atomic mass is 10.0. The lowest BCUT2D eigenvalue weighted by molar-refractivity contribution is -0.142. The molecule has 1 saturated heterocycles. The Morgan fingerprint density at radius 3 is 2.74 bits per heavy atom. The van der Waals surface area contributed by atoms with E-state index in [4.69, 9.17) is 5.11 Å². The third kappa shape index (κ3) is 2.27. The number of aromatic nitrogens is 1. The van der Waals surface area contributed by atoms with Crippen LogP contribution in [-0.2, 0) is 4.79 Å². The minimum atomic E-state index is -1.34. The topological polar surface area (TPSA) is 70.5 Å². The van der Waals surface area contributed by atoms with E-state index in [1.54, 1.807) is 6.92 Å². The number of amides is 1. The van der Waals surface area contributed by atoms with Gasteiger partial charge in [-0.05, 0) is 19.4 Å².